The third-order valence-electron chi connectivity index (χ3n) is 3.77. The molecule has 0 N–H and O–H groups in total. The number of aryl methyl sites for hydroxylation is 1. The SMILES string of the molecule is Cc1ccnc2c1Cc1c-2ncc2ccccc12. The second-order valence-corrected chi connectivity index (χ2v) is 4.80. The molecule has 2 nitrogen and oxygen atoms in total. The molecule has 1 aliphatic carbocycles. The van der Waals surface area contributed by atoms with Gasteiger partial charge < -0.3 is 0 Å². The molecule has 2 heterocycles. The zero-order valence-corrected chi connectivity index (χ0v) is 10.1. The van der Waals surface area contributed by atoms with Crippen molar-refractivity contribution in [3.8, 4) is 11.4 Å². The minimum Gasteiger partial charge on any atom is -0.254 e. The fraction of sp³-hybridized carbons (Fsp3) is 0.125. The normalized spacial score (nSPS) is 12.5. The summed E-state index contributed by atoms with van der Waals surface area (Å²) in [4.78, 5) is 9.11. The lowest BCUT2D eigenvalue weighted by Crippen LogP contribution is -1.88. The molecule has 0 aliphatic heterocycles. The van der Waals surface area contributed by atoms with Crippen LogP contribution in [0.1, 0.15) is 16.7 Å². The van der Waals surface area contributed by atoms with Gasteiger partial charge in [-0.1, -0.05) is 24.3 Å². The summed E-state index contributed by atoms with van der Waals surface area (Å²) < 4.78 is 0. The lowest BCUT2D eigenvalue weighted by atomic mass is 10.0. The van der Waals surface area contributed by atoms with Gasteiger partial charge in [-0.3, -0.25) is 9.97 Å². The van der Waals surface area contributed by atoms with Gasteiger partial charge in [0.05, 0.1) is 11.4 Å². The Balaban J connectivity index is 2.10. The largest absolute Gasteiger partial charge is 0.254 e. The molecule has 0 fully saturated rings. The third kappa shape index (κ3) is 1.17. The average Bonchev–Trinajstić information content (AvgIpc) is 2.79. The first kappa shape index (κ1) is 9.77. The number of aromatic nitrogens is 2. The number of hydrogen-bond acceptors (Lipinski definition) is 2. The van der Waals surface area contributed by atoms with Crippen LogP contribution >= 0.6 is 0 Å². The second-order valence-electron chi connectivity index (χ2n) is 4.80. The predicted molar refractivity (Wildman–Crippen MR) is 72.5 cm³/mol. The highest BCUT2D eigenvalue weighted by Gasteiger charge is 2.24. The number of hydrogen-bond donors (Lipinski definition) is 0. The Morgan fingerprint density at radius 2 is 1.78 bits per heavy atom. The lowest BCUT2D eigenvalue weighted by Gasteiger charge is -2.03. The van der Waals surface area contributed by atoms with Crippen LogP contribution in [0.3, 0.4) is 0 Å². The van der Waals surface area contributed by atoms with E-state index in [0.29, 0.717) is 0 Å². The summed E-state index contributed by atoms with van der Waals surface area (Å²) in [7, 11) is 0. The highest BCUT2D eigenvalue weighted by atomic mass is 14.8. The minimum atomic E-state index is 0.957. The molecule has 0 spiro atoms. The minimum absolute atomic E-state index is 0.957. The van der Waals surface area contributed by atoms with Crippen LogP contribution in [0.25, 0.3) is 22.2 Å². The molecule has 0 saturated heterocycles. The first-order chi connectivity index (χ1) is 8.84. The molecular weight excluding hydrogens is 220 g/mol. The van der Waals surface area contributed by atoms with Crippen molar-refractivity contribution in [2.24, 2.45) is 0 Å². The van der Waals surface area contributed by atoms with Crippen LogP contribution < -0.4 is 0 Å². The first-order valence-electron chi connectivity index (χ1n) is 6.16. The van der Waals surface area contributed by atoms with Gasteiger partial charge in [0.1, 0.15) is 0 Å². The van der Waals surface area contributed by atoms with Crippen molar-refractivity contribution in [2.45, 2.75) is 13.3 Å². The van der Waals surface area contributed by atoms with Crippen LogP contribution in [0.5, 0.6) is 0 Å². The van der Waals surface area contributed by atoms with Gasteiger partial charge in [0.25, 0.3) is 0 Å². The lowest BCUT2D eigenvalue weighted by molar-refractivity contribution is 1.19. The van der Waals surface area contributed by atoms with Crippen molar-refractivity contribution in [3.05, 3.63) is 59.4 Å². The Hall–Kier alpha value is -2.22. The average molecular weight is 232 g/mol. The standard InChI is InChI=1S/C16H12N2/c1-10-6-7-17-15-13(10)8-14-12-5-3-2-4-11(12)9-18-16(14)15/h2-7,9H,8H2,1H3. The zero-order chi connectivity index (χ0) is 12.1. The number of nitrogens with zero attached hydrogens (tertiary/aromatic N) is 2. The summed E-state index contributed by atoms with van der Waals surface area (Å²) in [5.41, 5.74) is 6.09. The molecule has 0 atom stereocenters. The van der Waals surface area contributed by atoms with Gasteiger partial charge >= 0.3 is 0 Å². The fourth-order valence-electron chi connectivity index (χ4n) is 2.80. The van der Waals surface area contributed by atoms with E-state index in [-0.39, 0.29) is 0 Å². The van der Waals surface area contributed by atoms with Gasteiger partial charge in [0.2, 0.25) is 0 Å². The molecule has 0 saturated carbocycles. The molecule has 3 aromatic rings. The number of rotatable bonds is 0. The van der Waals surface area contributed by atoms with Crippen LogP contribution in [0, 0.1) is 6.92 Å². The van der Waals surface area contributed by atoms with Crippen molar-refractivity contribution in [1.82, 2.24) is 9.97 Å². The molecule has 0 radical (unpaired) electrons. The van der Waals surface area contributed by atoms with Crippen molar-refractivity contribution in [1.29, 1.82) is 0 Å². The van der Waals surface area contributed by atoms with Crippen LogP contribution in [-0.2, 0) is 6.42 Å². The molecule has 1 aromatic carbocycles. The Bertz CT molecular complexity index is 775. The maximum Gasteiger partial charge on any atom is 0.0930 e. The molecule has 4 rings (SSSR count). The smallest absolute Gasteiger partial charge is 0.0930 e. The van der Waals surface area contributed by atoms with Crippen LogP contribution in [0.15, 0.2) is 42.7 Å². The van der Waals surface area contributed by atoms with E-state index < -0.39 is 0 Å². The van der Waals surface area contributed by atoms with E-state index in [1.807, 2.05) is 12.4 Å². The van der Waals surface area contributed by atoms with Crippen molar-refractivity contribution >= 4 is 10.8 Å². The number of fused-ring (bicyclic) bond motifs is 5. The van der Waals surface area contributed by atoms with Gasteiger partial charge in [0, 0.05) is 24.2 Å². The van der Waals surface area contributed by atoms with E-state index in [9.17, 15) is 0 Å². The first-order valence-corrected chi connectivity index (χ1v) is 6.16. The molecule has 0 unspecified atom stereocenters. The Labute approximate surface area is 105 Å². The van der Waals surface area contributed by atoms with E-state index in [1.165, 1.54) is 27.5 Å². The van der Waals surface area contributed by atoms with E-state index in [0.717, 1.165) is 17.8 Å². The molecular formula is C16H12N2. The van der Waals surface area contributed by atoms with Crippen LogP contribution in [0.4, 0.5) is 0 Å². The highest BCUT2D eigenvalue weighted by molar-refractivity contribution is 5.92. The number of pyridine rings is 2. The summed E-state index contributed by atoms with van der Waals surface area (Å²) in [6.07, 6.45) is 4.78. The molecule has 2 heteroatoms. The third-order valence-corrected chi connectivity index (χ3v) is 3.77. The summed E-state index contributed by atoms with van der Waals surface area (Å²) in [5, 5.41) is 2.52. The van der Waals surface area contributed by atoms with Crippen LogP contribution in [0.2, 0.25) is 0 Å². The van der Waals surface area contributed by atoms with Gasteiger partial charge in [-0.05, 0) is 35.1 Å². The Morgan fingerprint density at radius 3 is 2.72 bits per heavy atom. The maximum absolute atomic E-state index is 4.61. The predicted octanol–water partition coefficient (Wildman–Crippen LogP) is 3.51. The van der Waals surface area contributed by atoms with Gasteiger partial charge in [0.15, 0.2) is 0 Å². The van der Waals surface area contributed by atoms with E-state index >= 15 is 0 Å². The Kier molecular flexibility index (Phi) is 1.84. The summed E-state index contributed by atoms with van der Waals surface area (Å²) in [5.74, 6) is 0. The zero-order valence-electron chi connectivity index (χ0n) is 10.1. The van der Waals surface area contributed by atoms with Crippen molar-refractivity contribution in [3.63, 3.8) is 0 Å². The molecule has 1 aliphatic rings. The van der Waals surface area contributed by atoms with Gasteiger partial charge in [-0.25, -0.2) is 0 Å². The van der Waals surface area contributed by atoms with Crippen molar-refractivity contribution in [2.75, 3.05) is 0 Å². The van der Waals surface area contributed by atoms with Crippen LogP contribution in [-0.4, -0.2) is 9.97 Å². The van der Waals surface area contributed by atoms with E-state index in [1.54, 1.807) is 0 Å². The van der Waals surface area contributed by atoms with Gasteiger partial charge in [-0.2, -0.15) is 0 Å². The van der Waals surface area contributed by atoms with E-state index in [4.69, 9.17) is 0 Å². The number of benzene rings is 1. The van der Waals surface area contributed by atoms with Crippen molar-refractivity contribution < 1.29 is 0 Å². The summed E-state index contributed by atoms with van der Waals surface area (Å²) in [6.45, 7) is 2.15. The molecule has 2 aromatic heterocycles. The molecule has 86 valence electrons. The Morgan fingerprint density at radius 1 is 0.944 bits per heavy atom. The molecule has 0 bridgehead atoms. The van der Waals surface area contributed by atoms with E-state index in [2.05, 4.69) is 47.2 Å². The topological polar surface area (TPSA) is 25.8 Å². The fourth-order valence-corrected chi connectivity index (χ4v) is 2.80. The molecule has 0 amide bonds. The highest BCUT2D eigenvalue weighted by Crippen LogP contribution is 2.38. The quantitative estimate of drug-likeness (QED) is 0.463. The maximum atomic E-state index is 4.61. The monoisotopic (exact) mass is 232 g/mol. The van der Waals surface area contributed by atoms with Gasteiger partial charge in [-0.15, -0.1) is 0 Å². The summed E-state index contributed by atoms with van der Waals surface area (Å²) >= 11 is 0. The summed E-state index contributed by atoms with van der Waals surface area (Å²) in [6, 6.07) is 10.5. The molecule has 18 heavy (non-hydrogen) atoms. The second kappa shape index (κ2) is 3.39.